The third kappa shape index (κ3) is 2.38. The van der Waals surface area contributed by atoms with Crippen LogP contribution in [-0.4, -0.2) is 7.11 Å². The van der Waals surface area contributed by atoms with Crippen LogP contribution in [0, 0.1) is 32.1 Å². The number of aryl methyl sites for hydroxylation is 1. The minimum Gasteiger partial charge on any atom is -0.496 e. The Kier molecular flexibility index (Phi) is 3.72. The second kappa shape index (κ2) is 4.70. The molecule has 0 saturated heterocycles. The van der Waals surface area contributed by atoms with Gasteiger partial charge in [-0.05, 0) is 43.5 Å². The Hall–Kier alpha value is -1.63. The summed E-state index contributed by atoms with van der Waals surface area (Å²) in [5.74, 6) is -2.49. The Bertz CT molecular complexity index is 475. The van der Waals surface area contributed by atoms with Gasteiger partial charge in [0, 0.05) is 5.56 Å². The van der Waals surface area contributed by atoms with Crippen molar-refractivity contribution in [3.63, 3.8) is 0 Å². The van der Waals surface area contributed by atoms with Crippen LogP contribution in [0.1, 0.15) is 28.7 Å². The summed E-state index contributed by atoms with van der Waals surface area (Å²) in [5.41, 5.74) is 1.74. The van der Waals surface area contributed by atoms with Gasteiger partial charge in [0.05, 0.1) is 13.2 Å². The molecule has 2 nitrogen and oxygen atoms in total. The molecule has 0 radical (unpaired) electrons. The molecule has 0 heterocycles. The van der Waals surface area contributed by atoms with E-state index in [1.807, 2.05) is 0 Å². The van der Waals surface area contributed by atoms with Crippen molar-refractivity contribution in [1.82, 2.24) is 0 Å². The summed E-state index contributed by atoms with van der Waals surface area (Å²) in [6.07, 6.45) is -0.806. The van der Waals surface area contributed by atoms with Crippen LogP contribution in [0.25, 0.3) is 0 Å². The summed E-state index contributed by atoms with van der Waals surface area (Å²) in [6, 6.07) is 2.92. The molecule has 0 saturated carbocycles. The highest BCUT2D eigenvalue weighted by Crippen LogP contribution is 2.38. The van der Waals surface area contributed by atoms with Crippen LogP contribution >= 0.6 is 0 Å². The Morgan fingerprint density at radius 1 is 1.29 bits per heavy atom. The zero-order valence-corrected chi connectivity index (χ0v) is 10.4. The average Bonchev–Trinajstić information content (AvgIpc) is 2.24. The van der Waals surface area contributed by atoms with Gasteiger partial charge in [0.2, 0.25) is 0 Å². The van der Waals surface area contributed by atoms with Gasteiger partial charge in [-0.3, -0.25) is 0 Å². The Morgan fingerprint density at radius 2 is 1.88 bits per heavy atom. The molecule has 0 unspecified atom stereocenters. The summed E-state index contributed by atoms with van der Waals surface area (Å²) >= 11 is 0. The number of halogens is 2. The van der Waals surface area contributed by atoms with E-state index in [9.17, 15) is 8.78 Å². The number of nitrogens with zero attached hydrogens (tertiary/aromatic N) is 1. The molecule has 0 spiro atoms. The van der Waals surface area contributed by atoms with Gasteiger partial charge in [-0.25, -0.2) is 8.78 Å². The number of ether oxygens (including phenoxy) is 1. The Labute approximate surface area is 99.8 Å². The molecule has 0 amide bonds. The fraction of sp³-hybridized carbons (Fsp3) is 0.462. The fourth-order valence-corrected chi connectivity index (χ4v) is 1.95. The number of rotatable bonds is 3. The topological polar surface area (TPSA) is 33.0 Å². The van der Waals surface area contributed by atoms with E-state index in [1.54, 1.807) is 20.8 Å². The molecule has 0 aliphatic heterocycles. The van der Waals surface area contributed by atoms with Crippen molar-refractivity contribution < 1.29 is 13.5 Å². The van der Waals surface area contributed by atoms with Crippen LogP contribution in [0.15, 0.2) is 6.07 Å². The first-order valence-corrected chi connectivity index (χ1v) is 5.25. The molecule has 0 N–H and O–H groups in total. The predicted octanol–water partition coefficient (Wildman–Crippen LogP) is 3.63. The quantitative estimate of drug-likeness (QED) is 0.807. The highest BCUT2D eigenvalue weighted by atomic mass is 19.3. The van der Waals surface area contributed by atoms with Gasteiger partial charge >= 0.3 is 0 Å². The number of hydrogen-bond acceptors (Lipinski definition) is 2. The molecular formula is C13H15F2NO. The van der Waals surface area contributed by atoms with Crippen molar-refractivity contribution in [1.29, 1.82) is 5.26 Å². The van der Waals surface area contributed by atoms with Gasteiger partial charge in [0.15, 0.2) is 0 Å². The van der Waals surface area contributed by atoms with Gasteiger partial charge in [-0.1, -0.05) is 0 Å². The van der Waals surface area contributed by atoms with Crippen LogP contribution in [0.5, 0.6) is 5.75 Å². The van der Waals surface area contributed by atoms with Crippen LogP contribution < -0.4 is 4.74 Å². The standard InChI is InChI=1S/C13H15F2NO/c1-8-7-11(13(14,15)5-6-16)9(2)10(3)12(8)17-4/h7H,5H2,1-4H3. The number of hydrogen-bond donors (Lipinski definition) is 0. The number of alkyl halides is 2. The highest BCUT2D eigenvalue weighted by molar-refractivity contribution is 5.50. The van der Waals surface area contributed by atoms with Crippen LogP contribution in [0.3, 0.4) is 0 Å². The average molecular weight is 239 g/mol. The number of benzene rings is 1. The molecule has 17 heavy (non-hydrogen) atoms. The maximum Gasteiger partial charge on any atom is 0.286 e. The van der Waals surface area contributed by atoms with Crippen LogP contribution in [0.4, 0.5) is 8.78 Å². The summed E-state index contributed by atoms with van der Waals surface area (Å²) in [5, 5.41) is 8.44. The smallest absolute Gasteiger partial charge is 0.286 e. The van der Waals surface area contributed by atoms with E-state index in [-0.39, 0.29) is 5.56 Å². The molecule has 0 aliphatic carbocycles. The van der Waals surface area contributed by atoms with Crippen LogP contribution in [0.2, 0.25) is 0 Å². The Balaban J connectivity index is 3.43. The fourth-order valence-electron chi connectivity index (χ4n) is 1.95. The van der Waals surface area contributed by atoms with Crippen molar-refractivity contribution in [2.75, 3.05) is 7.11 Å². The normalized spacial score (nSPS) is 11.1. The van der Waals surface area contributed by atoms with Crippen molar-refractivity contribution in [3.05, 3.63) is 28.3 Å². The third-order valence-corrected chi connectivity index (χ3v) is 2.93. The number of methoxy groups -OCH3 is 1. The maximum absolute atomic E-state index is 13.7. The van der Waals surface area contributed by atoms with Crippen molar-refractivity contribution >= 4 is 0 Å². The first-order valence-electron chi connectivity index (χ1n) is 5.25. The molecule has 0 aliphatic rings. The first-order chi connectivity index (χ1) is 7.85. The number of nitriles is 1. The van der Waals surface area contributed by atoms with E-state index in [1.165, 1.54) is 19.2 Å². The first kappa shape index (κ1) is 13.4. The molecule has 0 bridgehead atoms. The second-order valence-electron chi connectivity index (χ2n) is 4.06. The molecule has 0 aromatic heterocycles. The summed E-state index contributed by atoms with van der Waals surface area (Å²) in [7, 11) is 1.52. The monoisotopic (exact) mass is 239 g/mol. The van der Waals surface area contributed by atoms with Gasteiger partial charge in [0.1, 0.15) is 12.2 Å². The van der Waals surface area contributed by atoms with E-state index < -0.39 is 12.3 Å². The van der Waals surface area contributed by atoms with E-state index in [4.69, 9.17) is 10.00 Å². The molecule has 4 heteroatoms. The van der Waals surface area contributed by atoms with Crippen molar-refractivity contribution in [2.24, 2.45) is 0 Å². The second-order valence-corrected chi connectivity index (χ2v) is 4.06. The molecule has 1 rings (SSSR count). The minimum atomic E-state index is -3.11. The lowest BCUT2D eigenvalue weighted by Gasteiger charge is -2.20. The third-order valence-electron chi connectivity index (χ3n) is 2.93. The van der Waals surface area contributed by atoms with Crippen LogP contribution in [-0.2, 0) is 5.92 Å². The Morgan fingerprint density at radius 3 is 2.35 bits per heavy atom. The van der Waals surface area contributed by atoms with Gasteiger partial charge < -0.3 is 4.74 Å². The van der Waals surface area contributed by atoms with Gasteiger partial charge in [-0.15, -0.1) is 0 Å². The summed E-state index contributed by atoms with van der Waals surface area (Å²) in [4.78, 5) is 0. The largest absolute Gasteiger partial charge is 0.496 e. The lowest BCUT2D eigenvalue weighted by Crippen LogP contribution is -2.15. The zero-order chi connectivity index (χ0) is 13.2. The molecule has 92 valence electrons. The molecule has 1 aromatic rings. The van der Waals surface area contributed by atoms with E-state index in [2.05, 4.69) is 0 Å². The SMILES string of the molecule is COc1c(C)cc(C(F)(F)CC#N)c(C)c1C. The van der Waals surface area contributed by atoms with E-state index in [0.717, 1.165) is 0 Å². The molecular weight excluding hydrogens is 224 g/mol. The highest BCUT2D eigenvalue weighted by Gasteiger charge is 2.34. The van der Waals surface area contributed by atoms with E-state index in [0.29, 0.717) is 22.4 Å². The summed E-state index contributed by atoms with van der Waals surface area (Å²) in [6.45, 7) is 5.09. The minimum absolute atomic E-state index is 0.0881. The van der Waals surface area contributed by atoms with Crippen molar-refractivity contribution in [3.8, 4) is 11.8 Å². The van der Waals surface area contributed by atoms with E-state index >= 15 is 0 Å². The molecule has 0 atom stereocenters. The lowest BCUT2D eigenvalue weighted by molar-refractivity contribution is 0.000157. The zero-order valence-electron chi connectivity index (χ0n) is 10.4. The molecule has 1 aromatic carbocycles. The van der Waals surface area contributed by atoms with Gasteiger partial charge in [0.25, 0.3) is 5.92 Å². The van der Waals surface area contributed by atoms with Gasteiger partial charge in [-0.2, -0.15) is 5.26 Å². The predicted molar refractivity (Wildman–Crippen MR) is 61.3 cm³/mol. The maximum atomic E-state index is 13.7. The molecule has 0 fully saturated rings. The lowest BCUT2D eigenvalue weighted by atomic mass is 9.93. The van der Waals surface area contributed by atoms with Crippen molar-refractivity contribution in [2.45, 2.75) is 33.1 Å². The summed E-state index contributed by atoms with van der Waals surface area (Å²) < 4.78 is 32.7.